The van der Waals surface area contributed by atoms with Crippen molar-refractivity contribution in [3.05, 3.63) is 40.5 Å². The highest BCUT2D eigenvalue weighted by Gasteiger charge is 2.18. The molecular formula is C19H21N3OS2. The van der Waals surface area contributed by atoms with Gasteiger partial charge < -0.3 is 5.73 Å². The van der Waals surface area contributed by atoms with Crippen LogP contribution in [0.5, 0.6) is 0 Å². The fourth-order valence-electron chi connectivity index (χ4n) is 2.77. The Bertz CT molecular complexity index is 917. The lowest BCUT2D eigenvalue weighted by Crippen LogP contribution is -2.10. The van der Waals surface area contributed by atoms with Crippen LogP contribution in [0.15, 0.2) is 29.3 Å². The molecule has 6 heteroatoms. The van der Waals surface area contributed by atoms with Gasteiger partial charge in [0.05, 0.1) is 5.39 Å². The van der Waals surface area contributed by atoms with Crippen LogP contribution in [0.25, 0.3) is 21.3 Å². The summed E-state index contributed by atoms with van der Waals surface area (Å²) in [6.07, 6.45) is 1.17. The van der Waals surface area contributed by atoms with Crippen molar-refractivity contribution in [1.29, 1.82) is 0 Å². The molecule has 0 aliphatic heterocycles. The summed E-state index contributed by atoms with van der Waals surface area (Å²) in [4.78, 5) is 22.5. The van der Waals surface area contributed by atoms with Gasteiger partial charge >= 0.3 is 0 Å². The highest BCUT2D eigenvalue weighted by atomic mass is 32.2. The van der Waals surface area contributed by atoms with Crippen molar-refractivity contribution in [3.63, 3.8) is 0 Å². The molecule has 0 aliphatic carbocycles. The van der Waals surface area contributed by atoms with Gasteiger partial charge in [-0.1, -0.05) is 29.8 Å². The molecule has 0 atom stereocenters. The quantitative estimate of drug-likeness (QED) is 0.389. The third-order valence-electron chi connectivity index (χ3n) is 3.95. The third-order valence-corrected chi connectivity index (χ3v) is 6.01. The number of primary amides is 1. The Balaban J connectivity index is 2.03. The van der Waals surface area contributed by atoms with E-state index >= 15 is 0 Å². The second-order valence-electron chi connectivity index (χ2n) is 6.07. The highest BCUT2D eigenvalue weighted by Crippen LogP contribution is 2.41. The van der Waals surface area contributed by atoms with Gasteiger partial charge in [-0.25, -0.2) is 9.97 Å². The molecule has 0 saturated heterocycles. The lowest BCUT2D eigenvalue weighted by atomic mass is 10.0. The third kappa shape index (κ3) is 4.02. The number of nitrogens with zero attached hydrogens (tertiary/aromatic N) is 2. The summed E-state index contributed by atoms with van der Waals surface area (Å²) >= 11 is 3.39. The van der Waals surface area contributed by atoms with E-state index in [1.807, 2.05) is 6.92 Å². The number of fused-ring (bicyclic) bond motifs is 1. The van der Waals surface area contributed by atoms with Crippen molar-refractivity contribution in [2.75, 3.05) is 5.75 Å². The minimum Gasteiger partial charge on any atom is -0.370 e. The fraction of sp³-hybridized carbons (Fsp3) is 0.316. The summed E-state index contributed by atoms with van der Waals surface area (Å²) in [5.41, 5.74) is 8.89. The number of benzene rings is 1. The van der Waals surface area contributed by atoms with Gasteiger partial charge in [0.25, 0.3) is 0 Å². The van der Waals surface area contributed by atoms with E-state index in [1.54, 1.807) is 23.1 Å². The first-order chi connectivity index (χ1) is 12.0. The molecule has 3 rings (SSSR count). The Hall–Kier alpha value is -1.92. The van der Waals surface area contributed by atoms with E-state index in [4.69, 9.17) is 5.73 Å². The minimum atomic E-state index is -0.253. The molecule has 130 valence electrons. The van der Waals surface area contributed by atoms with Gasteiger partial charge in [0, 0.05) is 22.6 Å². The van der Waals surface area contributed by atoms with Gasteiger partial charge in [0.1, 0.15) is 15.7 Å². The molecule has 4 nitrogen and oxygen atoms in total. The van der Waals surface area contributed by atoms with Crippen molar-refractivity contribution in [3.8, 4) is 11.1 Å². The van der Waals surface area contributed by atoms with Crippen molar-refractivity contribution in [1.82, 2.24) is 9.97 Å². The van der Waals surface area contributed by atoms with Crippen molar-refractivity contribution >= 4 is 39.2 Å². The van der Waals surface area contributed by atoms with Crippen molar-refractivity contribution in [2.24, 2.45) is 5.73 Å². The molecule has 0 fully saturated rings. The van der Waals surface area contributed by atoms with Gasteiger partial charge in [-0.15, -0.1) is 23.1 Å². The molecule has 3 aromatic rings. The summed E-state index contributed by atoms with van der Waals surface area (Å²) in [5, 5.41) is 2.12. The van der Waals surface area contributed by atoms with E-state index < -0.39 is 0 Å². The molecule has 0 spiro atoms. The number of hydrogen-bond donors (Lipinski definition) is 1. The van der Waals surface area contributed by atoms with Crippen molar-refractivity contribution < 1.29 is 4.79 Å². The molecule has 0 bridgehead atoms. The zero-order chi connectivity index (χ0) is 18.0. The second-order valence-corrected chi connectivity index (χ2v) is 8.36. The van der Waals surface area contributed by atoms with Gasteiger partial charge in [-0.2, -0.15) is 0 Å². The van der Waals surface area contributed by atoms with Crippen LogP contribution in [0.1, 0.15) is 29.1 Å². The second kappa shape index (κ2) is 7.54. The summed E-state index contributed by atoms with van der Waals surface area (Å²) in [6, 6.07) is 8.58. The van der Waals surface area contributed by atoms with Crippen LogP contribution in [-0.4, -0.2) is 21.6 Å². The van der Waals surface area contributed by atoms with Crippen LogP contribution < -0.4 is 5.73 Å². The number of amides is 1. The van der Waals surface area contributed by atoms with E-state index in [9.17, 15) is 4.79 Å². The van der Waals surface area contributed by atoms with Gasteiger partial charge in [0.2, 0.25) is 5.91 Å². The first-order valence-corrected chi connectivity index (χ1v) is 10.0. The van der Waals surface area contributed by atoms with Crippen LogP contribution in [0.4, 0.5) is 0 Å². The molecule has 0 unspecified atom stereocenters. The Morgan fingerprint density at radius 2 is 1.88 bits per heavy atom. The number of nitrogens with two attached hydrogens (primary N) is 1. The first-order valence-electron chi connectivity index (χ1n) is 8.21. The number of aromatic nitrogens is 2. The Morgan fingerprint density at radius 3 is 2.56 bits per heavy atom. The monoisotopic (exact) mass is 371 g/mol. The van der Waals surface area contributed by atoms with Crippen LogP contribution in [0, 0.1) is 20.8 Å². The molecule has 2 heterocycles. The van der Waals surface area contributed by atoms with Crippen LogP contribution in [0.2, 0.25) is 0 Å². The Kier molecular flexibility index (Phi) is 5.39. The van der Waals surface area contributed by atoms with Gasteiger partial charge in [-0.05, 0) is 32.8 Å². The summed E-state index contributed by atoms with van der Waals surface area (Å²) in [7, 11) is 0. The predicted octanol–water partition coefficient (Wildman–Crippen LogP) is 4.64. The molecule has 2 N–H and O–H groups in total. The van der Waals surface area contributed by atoms with Gasteiger partial charge in [-0.3, -0.25) is 4.79 Å². The summed E-state index contributed by atoms with van der Waals surface area (Å²) in [5.74, 6) is 1.34. The van der Waals surface area contributed by atoms with E-state index in [0.717, 1.165) is 33.2 Å². The maximum atomic E-state index is 10.9. The molecule has 25 heavy (non-hydrogen) atoms. The van der Waals surface area contributed by atoms with Crippen molar-refractivity contribution in [2.45, 2.75) is 38.6 Å². The average molecular weight is 372 g/mol. The summed E-state index contributed by atoms with van der Waals surface area (Å²) in [6.45, 7) is 6.15. The topological polar surface area (TPSA) is 68.9 Å². The summed E-state index contributed by atoms with van der Waals surface area (Å²) < 4.78 is 0. The molecule has 0 saturated carbocycles. The molecule has 0 aliphatic rings. The molecule has 0 radical (unpaired) electrons. The van der Waals surface area contributed by atoms with E-state index in [2.05, 4.69) is 48.1 Å². The van der Waals surface area contributed by atoms with E-state index in [0.29, 0.717) is 6.42 Å². The van der Waals surface area contributed by atoms with E-state index in [-0.39, 0.29) is 5.91 Å². The number of carbonyl (C=O) groups excluding carboxylic acids is 1. The number of carbonyl (C=O) groups is 1. The van der Waals surface area contributed by atoms with Gasteiger partial charge in [0.15, 0.2) is 0 Å². The maximum Gasteiger partial charge on any atom is 0.217 e. The lowest BCUT2D eigenvalue weighted by Gasteiger charge is -2.08. The standard InChI is InChI=1S/C19H21N3OS2/c1-11-6-8-14(9-7-11)16-12(2)25-19-17(16)18(21-13(3)22-19)24-10-4-5-15(20)23/h6-9H,4-5,10H2,1-3H3,(H2,20,23). The number of rotatable bonds is 6. The average Bonchev–Trinajstić information content (AvgIpc) is 2.88. The number of aryl methyl sites for hydroxylation is 3. The van der Waals surface area contributed by atoms with Crippen LogP contribution in [0.3, 0.4) is 0 Å². The normalized spacial score (nSPS) is 11.2. The maximum absolute atomic E-state index is 10.9. The van der Waals surface area contributed by atoms with Crippen LogP contribution >= 0.6 is 23.1 Å². The first kappa shape index (κ1) is 17.9. The minimum absolute atomic E-state index is 0.253. The number of hydrogen-bond acceptors (Lipinski definition) is 5. The largest absolute Gasteiger partial charge is 0.370 e. The Labute approximate surface area is 155 Å². The molecule has 2 aromatic heterocycles. The molecule has 1 aromatic carbocycles. The SMILES string of the molecule is Cc1ccc(-c2c(C)sc3nc(C)nc(SCCCC(N)=O)c23)cc1. The zero-order valence-corrected chi connectivity index (χ0v) is 16.3. The molecule has 1 amide bonds. The lowest BCUT2D eigenvalue weighted by molar-refractivity contribution is -0.118. The predicted molar refractivity (Wildman–Crippen MR) is 106 cm³/mol. The number of thioether (sulfide) groups is 1. The molecular weight excluding hydrogens is 350 g/mol. The zero-order valence-electron chi connectivity index (χ0n) is 14.6. The Morgan fingerprint density at radius 1 is 1.16 bits per heavy atom. The number of thiophene rings is 1. The highest BCUT2D eigenvalue weighted by molar-refractivity contribution is 7.99. The van der Waals surface area contributed by atoms with E-state index in [1.165, 1.54) is 21.6 Å². The van der Waals surface area contributed by atoms with Crippen LogP contribution in [-0.2, 0) is 4.79 Å². The smallest absolute Gasteiger partial charge is 0.217 e. The fourth-order valence-corrected chi connectivity index (χ4v) is 4.95.